The summed E-state index contributed by atoms with van der Waals surface area (Å²) in [6.07, 6.45) is 4.96. The zero-order chi connectivity index (χ0) is 17.2. The van der Waals surface area contributed by atoms with Gasteiger partial charge in [0.15, 0.2) is 0 Å². The van der Waals surface area contributed by atoms with Crippen LogP contribution in [0.4, 0.5) is 5.69 Å². The Morgan fingerprint density at radius 1 is 1.25 bits per heavy atom. The fourth-order valence-corrected chi connectivity index (χ4v) is 2.59. The highest BCUT2D eigenvalue weighted by Crippen LogP contribution is 2.41. The number of carbonyl (C=O) groups is 2. The second-order valence-corrected chi connectivity index (χ2v) is 5.87. The average molecular weight is 326 g/mol. The van der Waals surface area contributed by atoms with Crippen molar-refractivity contribution < 1.29 is 14.3 Å². The molecule has 0 spiro atoms. The number of hydrogen-bond donors (Lipinski definition) is 2. The van der Waals surface area contributed by atoms with E-state index in [4.69, 9.17) is 10.5 Å². The van der Waals surface area contributed by atoms with Crippen LogP contribution in [-0.2, 0) is 9.59 Å². The van der Waals surface area contributed by atoms with E-state index in [1.165, 1.54) is 0 Å². The van der Waals surface area contributed by atoms with Crippen LogP contribution in [0.3, 0.4) is 0 Å². The number of aromatic nitrogens is 2. The van der Waals surface area contributed by atoms with E-state index in [2.05, 4.69) is 15.3 Å². The highest BCUT2D eigenvalue weighted by molar-refractivity contribution is 6.10. The van der Waals surface area contributed by atoms with Crippen LogP contribution in [0.15, 0.2) is 36.7 Å². The Kier molecular flexibility index (Phi) is 4.16. The molecular weight excluding hydrogens is 308 g/mol. The highest BCUT2D eigenvalue weighted by Gasteiger charge is 2.49. The number of nitrogens with zero attached hydrogens (tertiary/aromatic N) is 2. The van der Waals surface area contributed by atoms with Gasteiger partial charge < -0.3 is 15.8 Å². The molecule has 0 bridgehead atoms. The maximum Gasteiger partial charge on any atom is 0.321 e. The number of benzene rings is 1. The monoisotopic (exact) mass is 326 g/mol. The topological polar surface area (TPSA) is 107 Å². The minimum Gasteiger partial charge on any atom is -0.424 e. The molecule has 0 atom stereocenters. The molecule has 7 heteroatoms. The second-order valence-electron chi connectivity index (χ2n) is 5.87. The molecule has 0 saturated heterocycles. The number of carbonyl (C=O) groups excluding carboxylic acids is 2. The molecule has 1 aliphatic carbocycles. The van der Waals surface area contributed by atoms with Gasteiger partial charge in [0.1, 0.15) is 11.2 Å². The van der Waals surface area contributed by atoms with Gasteiger partial charge in [-0.15, -0.1) is 0 Å². The predicted molar refractivity (Wildman–Crippen MR) is 87.4 cm³/mol. The molecular formula is C17H18N4O3. The van der Waals surface area contributed by atoms with Gasteiger partial charge in [0.2, 0.25) is 11.8 Å². The van der Waals surface area contributed by atoms with Crippen LogP contribution in [0.25, 0.3) is 0 Å². The number of anilines is 1. The van der Waals surface area contributed by atoms with Crippen molar-refractivity contribution in [2.75, 3.05) is 5.32 Å². The smallest absolute Gasteiger partial charge is 0.321 e. The number of rotatable bonds is 5. The van der Waals surface area contributed by atoms with Crippen molar-refractivity contribution in [1.29, 1.82) is 0 Å². The van der Waals surface area contributed by atoms with Crippen LogP contribution in [0.5, 0.6) is 11.8 Å². The molecule has 1 aliphatic rings. The van der Waals surface area contributed by atoms with E-state index in [0.29, 0.717) is 24.3 Å². The molecule has 1 heterocycles. The van der Waals surface area contributed by atoms with Gasteiger partial charge in [0.05, 0.1) is 0 Å². The zero-order valence-electron chi connectivity index (χ0n) is 13.3. The molecule has 24 heavy (non-hydrogen) atoms. The number of hydrogen-bond acceptors (Lipinski definition) is 5. The zero-order valence-corrected chi connectivity index (χ0v) is 13.3. The van der Waals surface area contributed by atoms with E-state index >= 15 is 0 Å². The molecule has 0 aliphatic heterocycles. The number of primary amides is 1. The lowest BCUT2D eigenvalue weighted by Gasteiger charge is -2.36. The van der Waals surface area contributed by atoms with Crippen molar-refractivity contribution in [3.8, 4) is 11.8 Å². The molecule has 2 amide bonds. The van der Waals surface area contributed by atoms with E-state index in [0.717, 1.165) is 12.0 Å². The van der Waals surface area contributed by atoms with Gasteiger partial charge >= 0.3 is 6.01 Å². The Hall–Kier alpha value is -2.96. The average Bonchev–Trinajstić information content (AvgIpc) is 2.50. The summed E-state index contributed by atoms with van der Waals surface area (Å²) in [4.78, 5) is 32.1. The largest absolute Gasteiger partial charge is 0.424 e. The Labute approximate surface area is 139 Å². The van der Waals surface area contributed by atoms with Crippen LogP contribution >= 0.6 is 0 Å². The first-order valence-electron chi connectivity index (χ1n) is 7.68. The lowest BCUT2D eigenvalue weighted by Crippen LogP contribution is -2.51. The molecule has 3 N–H and O–H groups in total. The summed E-state index contributed by atoms with van der Waals surface area (Å²) in [6, 6.07) is 7.15. The van der Waals surface area contributed by atoms with Gasteiger partial charge in [0.25, 0.3) is 0 Å². The van der Waals surface area contributed by atoms with Gasteiger partial charge in [-0.1, -0.05) is 12.5 Å². The van der Waals surface area contributed by atoms with Gasteiger partial charge in [-0.2, -0.15) is 0 Å². The summed E-state index contributed by atoms with van der Waals surface area (Å²) in [7, 11) is 0. The van der Waals surface area contributed by atoms with Crippen molar-refractivity contribution in [2.24, 2.45) is 11.1 Å². The van der Waals surface area contributed by atoms with Crippen LogP contribution in [-0.4, -0.2) is 21.8 Å². The maximum absolute atomic E-state index is 12.4. The van der Waals surface area contributed by atoms with Crippen LogP contribution < -0.4 is 15.8 Å². The van der Waals surface area contributed by atoms with Gasteiger partial charge in [-0.05, 0) is 37.5 Å². The molecule has 124 valence electrons. The summed E-state index contributed by atoms with van der Waals surface area (Å²) in [6.45, 7) is 1.88. The Balaban J connectivity index is 1.79. The van der Waals surface area contributed by atoms with Crippen molar-refractivity contribution >= 4 is 17.5 Å². The molecule has 1 aromatic carbocycles. The van der Waals surface area contributed by atoms with Crippen molar-refractivity contribution in [3.63, 3.8) is 0 Å². The Morgan fingerprint density at radius 3 is 2.54 bits per heavy atom. The van der Waals surface area contributed by atoms with E-state index in [1.54, 1.807) is 30.6 Å². The third-order valence-corrected chi connectivity index (χ3v) is 4.30. The number of ether oxygens (including phenoxy) is 1. The molecule has 1 aromatic heterocycles. The number of nitrogens with one attached hydrogen (secondary N) is 1. The summed E-state index contributed by atoms with van der Waals surface area (Å²) >= 11 is 0. The molecule has 7 nitrogen and oxygen atoms in total. The van der Waals surface area contributed by atoms with E-state index in [1.807, 2.05) is 13.0 Å². The highest BCUT2D eigenvalue weighted by atomic mass is 16.5. The van der Waals surface area contributed by atoms with Gasteiger partial charge in [0, 0.05) is 24.1 Å². The summed E-state index contributed by atoms with van der Waals surface area (Å²) in [5.41, 5.74) is 5.71. The normalized spacial score (nSPS) is 15.2. The molecule has 1 fully saturated rings. The Morgan fingerprint density at radius 2 is 1.96 bits per heavy atom. The number of nitrogens with two attached hydrogens (primary N) is 1. The van der Waals surface area contributed by atoms with E-state index in [-0.39, 0.29) is 11.9 Å². The molecule has 2 aromatic rings. The minimum absolute atomic E-state index is 0.219. The standard InChI is InChI=1S/C17H18N4O3/c1-11-4-5-12(10-13(11)24-16-19-8-3-9-20-16)21-15(23)17(14(18)22)6-2-7-17/h3-5,8-10H,2,6-7H2,1H3,(H2,18,22)(H,21,23). The fraction of sp³-hybridized carbons (Fsp3) is 0.294. The first-order chi connectivity index (χ1) is 11.5. The van der Waals surface area contributed by atoms with Gasteiger partial charge in [-0.3, -0.25) is 9.59 Å². The third kappa shape index (κ3) is 2.92. The first-order valence-corrected chi connectivity index (χ1v) is 7.68. The quantitative estimate of drug-likeness (QED) is 0.819. The van der Waals surface area contributed by atoms with Crippen LogP contribution in [0.2, 0.25) is 0 Å². The third-order valence-electron chi connectivity index (χ3n) is 4.30. The lowest BCUT2D eigenvalue weighted by atomic mass is 9.67. The minimum atomic E-state index is -1.09. The second kappa shape index (κ2) is 6.27. The van der Waals surface area contributed by atoms with Crippen LogP contribution in [0, 0.1) is 12.3 Å². The maximum atomic E-state index is 12.4. The molecule has 3 rings (SSSR count). The van der Waals surface area contributed by atoms with E-state index < -0.39 is 11.3 Å². The molecule has 1 saturated carbocycles. The molecule has 0 unspecified atom stereocenters. The molecule has 0 radical (unpaired) electrons. The summed E-state index contributed by atoms with van der Waals surface area (Å²) in [5.74, 6) is -0.416. The van der Waals surface area contributed by atoms with E-state index in [9.17, 15) is 9.59 Å². The fourth-order valence-electron chi connectivity index (χ4n) is 2.59. The Bertz CT molecular complexity index is 773. The predicted octanol–water partition coefficient (Wildman–Crippen LogP) is 2.17. The van der Waals surface area contributed by atoms with Crippen molar-refractivity contribution in [2.45, 2.75) is 26.2 Å². The number of amides is 2. The summed E-state index contributed by atoms with van der Waals surface area (Å²) in [5, 5.41) is 2.76. The van der Waals surface area contributed by atoms with Crippen molar-refractivity contribution in [1.82, 2.24) is 9.97 Å². The number of aryl methyl sites for hydroxylation is 1. The SMILES string of the molecule is Cc1ccc(NC(=O)C2(C(N)=O)CCC2)cc1Oc1ncccn1. The van der Waals surface area contributed by atoms with Crippen molar-refractivity contribution in [3.05, 3.63) is 42.2 Å². The lowest BCUT2D eigenvalue weighted by molar-refractivity contribution is -0.144. The van der Waals surface area contributed by atoms with Gasteiger partial charge in [-0.25, -0.2) is 9.97 Å². The first kappa shape index (κ1) is 15.9. The summed E-state index contributed by atoms with van der Waals surface area (Å²) < 4.78 is 5.64. The van der Waals surface area contributed by atoms with Crippen LogP contribution in [0.1, 0.15) is 24.8 Å².